The molecule has 2 heterocycles. The Hall–Kier alpha value is -3.99. The van der Waals surface area contributed by atoms with Gasteiger partial charge in [0.1, 0.15) is 0 Å². The molecule has 0 fully saturated rings. The molecular weight excluding hydrogens is 394 g/mol. The molecule has 32 heavy (non-hydrogen) atoms. The van der Waals surface area contributed by atoms with Crippen LogP contribution in [0.15, 0.2) is 90.1 Å². The second-order valence-electron chi connectivity index (χ2n) is 8.11. The van der Waals surface area contributed by atoms with Gasteiger partial charge in [0.05, 0.1) is 44.8 Å². The van der Waals surface area contributed by atoms with Gasteiger partial charge in [-0.15, -0.1) is 0 Å². The fourth-order valence-electron chi connectivity index (χ4n) is 3.94. The normalized spacial score (nSPS) is 12.1. The van der Waals surface area contributed by atoms with Gasteiger partial charge in [-0.3, -0.25) is 9.98 Å². The molecule has 1 aromatic heterocycles. The van der Waals surface area contributed by atoms with Gasteiger partial charge >= 0.3 is 0 Å². The van der Waals surface area contributed by atoms with Crippen LogP contribution in [0.3, 0.4) is 0 Å². The third kappa shape index (κ3) is 3.73. The van der Waals surface area contributed by atoms with Gasteiger partial charge in [-0.05, 0) is 69.3 Å². The van der Waals surface area contributed by atoms with E-state index in [2.05, 4.69) is 83.3 Å². The minimum Gasteiger partial charge on any atom is -0.352 e. The Morgan fingerprint density at radius 3 is 2.44 bits per heavy atom. The number of hydrogen-bond donors (Lipinski definition) is 1. The average Bonchev–Trinajstić information content (AvgIpc) is 2.80. The zero-order valence-electron chi connectivity index (χ0n) is 18.4. The summed E-state index contributed by atoms with van der Waals surface area (Å²) in [5.74, 6) is 0. The lowest BCUT2D eigenvalue weighted by atomic mass is 10.1. The maximum Gasteiger partial charge on any atom is 0.0900 e. The van der Waals surface area contributed by atoms with Crippen LogP contribution in [0.2, 0.25) is 0 Å². The van der Waals surface area contributed by atoms with Crippen LogP contribution in [0.5, 0.6) is 0 Å². The van der Waals surface area contributed by atoms with Gasteiger partial charge in [0.15, 0.2) is 0 Å². The van der Waals surface area contributed by atoms with Crippen molar-refractivity contribution in [3.63, 3.8) is 0 Å². The minimum atomic E-state index is 0.154. The van der Waals surface area contributed by atoms with Gasteiger partial charge in [-0.2, -0.15) is 0 Å². The molecule has 1 aliphatic carbocycles. The zero-order valence-corrected chi connectivity index (χ0v) is 18.4. The lowest BCUT2D eigenvalue weighted by Crippen LogP contribution is -2.16. The van der Waals surface area contributed by atoms with Gasteiger partial charge in [0, 0.05) is 17.9 Å². The molecule has 1 N–H and O–H groups in total. The number of para-hydroxylation sites is 3. The number of nitrogens with one attached hydrogen (secondary N) is 1. The summed E-state index contributed by atoms with van der Waals surface area (Å²) in [6.07, 6.45) is 1.80. The van der Waals surface area contributed by atoms with E-state index in [-0.39, 0.29) is 6.04 Å². The number of benzene rings is 3. The lowest BCUT2D eigenvalue weighted by Gasteiger charge is -2.20. The fraction of sp³-hybridized carbons (Fsp3) is 0.148. The third-order valence-corrected chi connectivity index (χ3v) is 5.39. The summed E-state index contributed by atoms with van der Waals surface area (Å²) >= 11 is 0. The van der Waals surface area contributed by atoms with E-state index >= 15 is 0 Å². The first kappa shape index (κ1) is 19.9. The Labute approximate surface area is 187 Å². The van der Waals surface area contributed by atoms with Gasteiger partial charge in [0.25, 0.3) is 0 Å². The number of pyridine rings is 1. The second kappa shape index (κ2) is 8.27. The van der Waals surface area contributed by atoms with E-state index in [1.165, 1.54) is 0 Å². The second-order valence-corrected chi connectivity index (χ2v) is 8.11. The number of rotatable bonds is 4. The summed E-state index contributed by atoms with van der Waals surface area (Å²) in [7, 11) is 0. The highest BCUT2D eigenvalue weighted by molar-refractivity contribution is 5.84. The first-order valence-corrected chi connectivity index (χ1v) is 10.8. The number of anilines is 2. The van der Waals surface area contributed by atoms with E-state index in [9.17, 15) is 0 Å². The predicted molar refractivity (Wildman–Crippen MR) is 131 cm³/mol. The summed E-state index contributed by atoms with van der Waals surface area (Å²) in [6, 6.07) is 27.0. The Balaban J connectivity index is 1.83. The Morgan fingerprint density at radius 1 is 0.875 bits per heavy atom. The van der Waals surface area contributed by atoms with Crippen molar-refractivity contribution in [3.05, 3.63) is 96.1 Å². The molecule has 0 amide bonds. The molecular formula is C27H25N5. The van der Waals surface area contributed by atoms with Gasteiger partial charge in [0.2, 0.25) is 0 Å². The fourth-order valence-corrected chi connectivity index (χ4v) is 3.94. The molecule has 0 saturated carbocycles. The first-order chi connectivity index (χ1) is 15.6. The highest BCUT2D eigenvalue weighted by Crippen LogP contribution is 2.30. The molecule has 2 aromatic carbocycles. The van der Waals surface area contributed by atoms with E-state index in [1.807, 2.05) is 31.2 Å². The number of aromatic nitrogens is 3. The molecule has 5 rings (SSSR count). The molecule has 0 atom stereocenters. The molecule has 0 radical (unpaired) electrons. The number of fused-ring (bicyclic) bond motifs is 2. The van der Waals surface area contributed by atoms with Crippen molar-refractivity contribution in [3.8, 4) is 17.1 Å². The van der Waals surface area contributed by atoms with Crippen LogP contribution in [0.25, 0.3) is 28.1 Å². The minimum absolute atomic E-state index is 0.154. The molecule has 0 unspecified atom stereocenters. The molecule has 2 aliphatic rings. The largest absolute Gasteiger partial charge is 0.352 e. The van der Waals surface area contributed by atoms with Crippen molar-refractivity contribution < 1.29 is 0 Å². The highest BCUT2D eigenvalue weighted by atomic mass is 15.0. The van der Waals surface area contributed by atoms with Crippen molar-refractivity contribution >= 4 is 22.4 Å². The smallest absolute Gasteiger partial charge is 0.0900 e. The van der Waals surface area contributed by atoms with Gasteiger partial charge < -0.3 is 9.88 Å². The number of hydrogen-bond acceptors (Lipinski definition) is 4. The lowest BCUT2D eigenvalue weighted by molar-refractivity contribution is 0.806. The summed E-state index contributed by atoms with van der Waals surface area (Å²) < 4.78 is 2.26. The monoisotopic (exact) mass is 419 g/mol. The Kier molecular flexibility index (Phi) is 5.15. The van der Waals surface area contributed by atoms with Crippen LogP contribution in [0.4, 0.5) is 11.4 Å². The SMILES string of the molecule is Cc1ncccc1Nc1cc2nc3ccccc3n(-c3ccccc3)c-2cc1=NC(C)C. The highest BCUT2D eigenvalue weighted by Gasteiger charge is 2.16. The average molecular weight is 420 g/mol. The molecule has 0 saturated heterocycles. The van der Waals surface area contributed by atoms with Crippen LogP contribution in [0.1, 0.15) is 19.5 Å². The molecule has 1 aliphatic heterocycles. The van der Waals surface area contributed by atoms with E-state index < -0.39 is 0 Å². The summed E-state index contributed by atoms with van der Waals surface area (Å²) in [5.41, 5.74) is 7.84. The van der Waals surface area contributed by atoms with Crippen molar-refractivity contribution in [2.75, 3.05) is 5.32 Å². The molecule has 0 spiro atoms. The van der Waals surface area contributed by atoms with Crippen molar-refractivity contribution in [2.24, 2.45) is 4.99 Å². The number of aryl methyl sites for hydroxylation is 1. The molecule has 5 nitrogen and oxygen atoms in total. The van der Waals surface area contributed by atoms with Crippen LogP contribution in [-0.4, -0.2) is 20.6 Å². The maximum absolute atomic E-state index is 4.99. The predicted octanol–water partition coefficient (Wildman–Crippen LogP) is 5.89. The number of nitrogens with zero attached hydrogens (tertiary/aromatic N) is 4. The maximum atomic E-state index is 4.99. The van der Waals surface area contributed by atoms with Crippen molar-refractivity contribution in [1.82, 2.24) is 14.5 Å². The summed E-state index contributed by atoms with van der Waals surface area (Å²) in [4.78, 5) is 14.3. The molecule has 3 aromatic rings. The van der Waals surface area contributed by atoms with E-state index in [4.69, 9.17) is 9.98 Å². The molecule has 158 valence electrons. The van der Waals surface area contributed by atoms with Gasteiger partial charge in [-0.25, -0.2) is 4.98 Å². The van der Waals surface area contributed by atoms with Crippen LogP contribution >= 0.6 is 0 Å². The summed E-state index contributed by atoms with van der Waals surface area (Å²) in [6.45, 7) is 6.18. The first-order valence-electron chi connectivity index (χ1n) is 10.8. The Morgan fingerprint density at radius 2 is 1.66 bits per heavy atom. The quantitative estimate of drug-likeness (QED) is 0.370. The van der Waals surface area contributed by atoms with Crippen LogP contribution < -0.4 is 10.7 Å². The van der Waals surface area contributed by atoms with Crippen molar-refractivity contribution in [1.29, 1.82) is 0 Å². The van der Waals surface area contributed by atoms with E-state index in [0.717, 1.165) is 50.5 Å². The van der Waals surface area contributed by atoms with Gasteiger partial charge in [-0.1, -0.05) is 30.3 Å². The van der Waals surface area contributed by atoms with E-state index in [1.54, 1.807) is 6.20 Å². The molecule has 0 bridgehead atoms. The topological polar surface area (TPSA) is 55.1 Å². The van der Waals surface area contributed by atoms with Crippen LogP contribution in [0, 0.1) is 6.92 Å². The third-order valence-electron chi connectivity index (χ3n) is 5.39. The molecule has 5 heteroatoms. The van der Waals surface area contributed by atoms with Crippen molar-refractivity contribution in [2.45, 2.75) is 26.8 Å². The van der Waals surface area contributed by atoms with E-state index in [0.29, 0.717) is 0 Å². The summed E-state index contributed by atoms with van der Waals surface area (Å²) in [5, 5.41) is 4.44. The Bertz CT molecular complexity index is 1430. The van der Waals surface area contributed by atoms with Crippen LogP contribution in [-0.2, 0) is 0 Å². The zero-order chi connectivity index (χ0) is 22.1. The standard InChI is InChI=1S/C27H25N5/c1-18(2)29-24-17-27-25(16-23(24)30-21-13-9-15-28-19(21)3)31-22-12-7-8-14-26(22)32(27)20-10-5-4-6-11-20/h4-18,30H,1-3H3.